The van der Waals surface area contributed by atoms with Crippen LogP contribution >= 0.6 is 12.4 Å². The Labute approximate surface area is 127 Å². The topological polar surface area (TPSA) is 41.1 Å². The summed E-state index contributed by atoms with van der Waals surface area (Å²) in [6, 6.07) is 10.7. The van der Waals surface area contributed by atoms with Gasteiger partial charge in [0.1, 0.15) is 0 Å². The molecule has 1 unspecified atom stereocenters. The lowest BCUT2D eigenvalue weighted by Crippen LogP contribution is -2.43. The second-order valence-corrected chi connectivity index (χ2v) is 6.05. The molecule has 1 aliphatic rings. The standard InChI is InChI=1S/C16H24N2O.ClH/c1-16(2,11-13-7-4-3-5-8-13)15(19)18-12-14-9-6-10-17-14;/h3-5,7-8,14,17H,6,9-12H2,1-2H3,(H,18,19);1H. The first-order chi connectivity index (χ1) is 9.08. The van der Waals surface area contributed by atoms with Gasteiger partial charge in [-0.15, -0.1) is 12.4 Å². The van der Waals surface area contributed by atoms with Crippen LogP contribution in [-0.4, -0.2) is 25.0 Å². The maximum atomic E-state index is 12.3. The minimum atomic E-state index is -0.361. The number of carbonyl (C=O) groups is 1. The number of rotatable bonds is 5. The molecule has 1 aromatic carbocycles. The highest BCUT2D eigenvalue weighted by Crippen LogP contribution is 2.22. The molecule has 20 heavy (non-hydrogen) atoms. The van der Waals surface area contributed by atoms with E-state index in [1.165, 1.54) is 18.4 Å². The number of nitrogens with one attached hydrogen (secondary N) is 2. The zero-order chi connectivity index (χ0) is 13.7. The van der Waals surface area contributed by atoms with Gasteiger partial charge >= 0.3 is 0 Å². The average Bonchev–Trinajstić information content (AvgIpc) is 2.89. The number of halogens is 1. The highest BCUT2D eigenvalue weighted by atomic mass is 35.5. The summed E-state index contributed by atoms with van der Waals surface area (Å²) in [5, 5.41) is 6.48. The molecule has 3 nitrogen and oxygen atoms in total. The fourth-order valence-corrected chi connectivity index (χ4v) is 2.57. The molecule has 112 valence electrons. The van der Waals surface area contributed by atoms with E-state index in [-0.39, 0.29) is 23.7 Å². The summed E-state index contributed by atoms with van der Waals surface area (Å²) in [7, 11) is 0. The van der Waals surface area contributed by atoms with E-state index in [0.717, 1.165) is 19.5 Å². The number of amides is 1. The largest absolute Gasteiger partial charge is 0.354 e. The van der Waals surface area contributed by atoms with Gasteiger partial charge in [0.15, 0.2) is 0 Å². The van der Waals surface area contributed by atoms with E-state index in [4.69, 9.17) is 0 Å². The van der Waals surface area contributed by atoms with Crippen molar-refractivity contribution in [2.75, 3.05) is 13.1 Å². The summed E-state index contributed by atoms with van der Waals surface area (Å²) in [5.74, 6) is 0.144. The SMILES string of the molecule is CC(C)(Cc1ccccc1)C(=O)NCC1CCCN1.Cl. The molecule has 2 rings (SSSR count). The second kappa shape index (κ2) is 7.65. The predicted octanol–water partition coefficient (Wildman–Crippen LogP) is 2.55. The highest BCUT2D eigenvalue weighted by molar-refractivity contribution is 5.85. The molecule has 2 N–H and O–H groups in total. The van der Waals surface area contributed by atoms with Crippen LogP contribution in [0.25, 0.3) is 0 Å². The quantitative estimate of drug-likeness (QED) is 0.877. The van der Waals surface area contributed by atoms with E-state index in [0.29, 0.717) is 6.04 Å². The van der Waals surface area contributed by atoms with Crippen molar-refractivity contribution in [2.45, 2.75) is 39.2 Å². The summed E-state index contributed by atoms with van der Waals surface area (Å²) in [4.78, 5) is 12.3. The first-order valence-corrected chi connectivity index (χ1v) is 7.13. The third-order valence-corrected chi connectivity index (χ3v) is 3.77. The van der Waals surface area contributed by atoms with Gasteiger partial charge in [-0.3, -0.25) is 4.79 Å². The van der Waals surface area contributed by atoms with E-state index in [1.54, 1.807) is 0 Å². The molecule has 1 atom stereocenters. The Balaban J connectivity index is 0.00000200. The van der Waals surface area contributed by atoms with Gasteiger partial charge in [-0.1, -0.05) is 44.2 Å². The van der Waals surface area contributed by atoms with Crippen LogP contribution in [0.4, 0.5) is 0 Å². The van der Waals surface area contributed by atoms with E-state index < -0.39 is 0 Å². The first-order valence-electron chi connectivity index (χ1n) is 7.13. The van der Waals surface area contributed by atoms with Crippen molar-refractivity contribution < 1.29 is 4.79 Å². The molecule has 1 heterocycles. The summed E-state index contributed by atoms with van der Waals surface area (Å²) in [6.07, 6.45) is 3.16. The van der Waals surface area contributed by atoms with Gasteiger partial charge in [-0.2, -0.15) is 0 Å². The van der Waals surface area contributed by atoms with Crippen molar-refractivity contribution in [3.05, 3.63) is 35.9 Å². The minimum absolute atomic E-state index is 0. The third-order valence-electron chi connectivity index (χ3n) is 3.77. The zero-order valence-corrected chi connectivity index (χ0v) is 13.1. The van der Waals surface area contributed by atoms with Crippen LogP contribution in [-0.2, 0) is 11.2 Å². The Morgan fingerprint density at radius 3 is 2.65 bits per heavy atom. The zero-order valence-electron chi connectivity index (χ0n) is 12.3. The molecule has 4 heteroatoms. The van der Waals surface area contributed by atoms with Crippen LogP contribution in [0.15, 0.2) is 30.3 Å². The van der Waals surface area contributed by atoms with Crippen LogP contribution in [0.2, 0.25) is 0 Å². The smallest absolute Gasteiger partial charge is 0.226 e. The van der Waals surface area contributed by atoms with E-state index in [1.807, 2.05) is 32.0 Å². The fourth-order valence-electron chi connectivity index (χ4n) is 2.57. The van der Waals surface area contributed by atoms with Crippen molar-refractivity contribution in [1.82, 2.24) is 10.6 Å². The number of carbonyl (C=O) groups excluding carboxylic acids is 1. The van der Waals surface area contributed by atoms with Crippen molar-refractivity contribution in [3.63, 3.8) is 0 Å². The molecule has 1 aromatic rings. The number of benzene rings is 1. The minimum Gasteiger partial charge on any atom is -0.354 e. The summed E-state index contributed by atoms with van der Waals surface area (Å²) < 4.78 is 0. The maximum absolute atomic E-state index is 12.3. The fraction of sp³-hybridized carbons (Fsp3) is 0.562. The van der Waals surface area contributed by atoms with Crippen molar-refractivity contribution in [1.29, 1.82) is 0 Å². The molecule has 0 bridgehead atoms. The van der Waals surface area contributed by atoms with Crippen molar-refractivity contribution >= 4 is 18.3 Å². The van der Waals surface area contributed by atoms with Crippen LogP contribution in [0.3, 0.4) is 0 Å². The molecular formula is C16H25ClN2O. The molecule has 0 spiro atoms. The van der Waals surface area contributed by atoms with Crippen LogP contribution in [0.1, 0.15) is 32.3 Å². The molecule has 1 saturated heterocycles. The Morgan fingerprint density at radius 2 is 2.05 bits per heavy atom. The number of hydrogen-bond acceptors (Lipinski definition) is 2. The molecule has 0 saturated carbocycles. The van der Waals surface area contributed by atoms with Gasteiger partial charge in [0.2, 0.25) is 5.91 Å². The van der Waals surface area contributed by atoms with E-state index in [9.17, 15) is 4.79 Å². The molecule has 1 amide bonds. The molecule has 1 fully saturated rings. The molecule has 0 aromatic heterocycles. The summed E-state index contributed by atoms with van der Waals surface area (Å²) in [6.45, 7) is 5.85. The summed E-state index contributed by atoms with van der Waals surface area (Å²) in [5.41, 5.74) is 0.849. The van der Waals surface area contributed by atoms with Gasteiger partial charge in [-0.05, 0) is 31.4 Å². The van der Waals surface area contributed by atoms with E-state index >= 15 is 0 Å². The molecular weight excluding hydrogens is 272 g/mol. The molecule has 0 radical (unpaired) electrons. The Kier molecular flexibility index (Phi) is 6.50. The van der Waals surface area contributed by atoms with Gasteiger partial charge < -0.3 is 10.6 Å². The average molecular weight is 297 g/mol. The lowest BCUT2D eigenvalue weighted by Gasteiger charge is -2.24. The molecule has 1 aliphatic heterocycles. The molecule has 0 aliphatic carbocycles. The second-order valence-electron chi connectivity index (χ2n) is 6.05. The van der Waals surface area contributed by atoms with Crippen molar-refractivity contribution in [3.8, 4) is 0 Å². The Morgan fingerprint density at radius 1 is 1.35 bits per heavy atom. The highest BCUT2D eigenvalue weighted by Gasteiger charge is 2.28. The van der Waals surface area contributed by atoms with Crippen LogP contribution in [0.5, 0.6) is 0 Å². The first kappa shape index (κ1) is 17.0. The Bertz CT molecular complexity index is 414. The number of hydrogen-bond donors (Lipinski definition) is 2. The van der Waals surface area contributed by atoms with E-state index in [2.05, 4.69) is 22.8 Å². The Hall–Kier alpha value is -1.06. The van der Waals surface area contributed by atoms with Gasteiger partial charge in [0.05, 0.1) is 0 Å². The predicted molar refractivity (Wildman–Crippen MR) is 85.2 cm³/mol. The lowest BCUT2D eigenvalue weighted by atomic mass is 9.85. The van der Waals surface area contributed by atoms with Gasteiger partial charge in [0.25, 0.3) is 0 Å². The monoisotopic (exact) mass is 296 g/mol. The maximum Gasteiger partial charge on any atom is 0.226 e. The normalized spacial score (nSPS) is 18.4. The third kappa shape index (κ3) is 4.80. The summed E-state index contributed by atoms with van der Waals surface area (Å²) >= 11 is 0. The van der Waals surface area contributed by atoms with Gasteiger partial charge in [0, 0.05) is 18.0 Å². The van der Waals surface area contributed by atoms with Gasteiger partial charge in [-0.25, -0.2) is 0 Å². The van der Waals surface area contributed by atoms with Crippen molar-refractivity contribution in [2.24, 2.45) is 5.41 Å². The lowest BCUT2D eigenvalue weighted by molar-refractivity contribution is -0.129. The van der Waals surface area contributed by atoms with Crippen LogP contribution in [0, 0.1) is 5.41 Å². The van der Waals surface area contributed by atoms with Crippen LogP contribution < -0.4 is 10.6 Å².